The van der Waals surface area contributed by atoms with Crippen molar-refractivity contribution in [3.8, 4) is 5.75 Å². The summed E-state index contributed by atoms with van der Waals surface area (Å²) in [6.07, 6.45) is 0. The summed E-state index contributed by atoms with van der Waals surface area (Å²) in [4.78, 5) is 12.3. The summed E-state index contributed by atoms with van der Waals surface area (Å²) in [5.41, 5.74) is 1.93. The Hall–Kier alpha value is -2.38. The SMILES string of the molecule is CCOc1ccc(NC(=O)c2ccc(C)cc2)cc1S(=O)(=O)N(C)C. The number of aryl methyl sites for hydroxylation is 1. The minimum absolute atomic E-state index is 0.0149. The lowest BCUT2D eigenvalue weighted by molar-refractivity contribution is 0.102. The van der Waals surface area contributed by atoms with Crippen molar-refractivity contribution < 1.29 is 17.9 Å². The largest absolute Gasteiger partial charge is 0.492 e. The fourth-order valence-corrected chi connectivity index (χ4v) is 3.22. The van der Waals surface area contributed by atoms with Crippen LogP contribution in [0, 0.1) is 6.92 Å². The van der Waals surface area contributed by atoms with E-state index in [0.717, 1.165) is 9.87 Å². The molecule has 0 unspecified atom stereocenters. The van der Waals surface area contributed by atoms with Crippen LogP contribution in [0.1, 0.15) is 22.8 Å². The number of ether oxygens (including phenoxy) is 1. The second kappa shape index (κ2) is 7.67. The van der Waals surface area contributed by atoms with E-state index < -0.39 is 10.0 Å². The molecule has 0 aromatic heterocycles. The molecule has 0 bridgehead atoms. The van der Waals surface area contributed by atoms with Gasteiger partial charge < -0.3 is 10.1 Å². The van der Waals surface area contributed by atoms with Crippen molar-refractivity contribution in [2.45, 2.75) is 18.7 Å². The van der Waals surface area contributed by atoms with Gasteiger partial charge in [0.15, 0.2) is 0 Å². The summed E-state index contributed by atoms with van der Waals surface area (Å²) in [6, 6.07) is 11.7. The van der Waals surface area contributed by atoms with E-state index in [1.165, 1.54) is 20.2 Å². The van der Waals surface area contributed by atoms with Gasteiger partial charge in [-0.25, -0.2) is 12.7 Å². The maximum absolute atomic E-state index is 12.5. The van der Waals surface area contributed by atoms with Gasteiger partial charge in [-0.1, -0.05) is 17.7 Å². The highest BCUT2D eigenvalue weighted by molar-refractivity contribution is 7.89. The topological polar surface area (TPSA) is 75.7 Å². The number of benzene rings is 2. The Morgan fingerprint density at radius 1 is 1.12 bits per heavy atom. The molecule has 0 spiro atoms. The van der Waals surface area contributed by atoms with Crippen molar-refractivity contribution in [3.05, 3.63) is 53.6 Å². The van der Waals surface area contributed by atoms with Crippen molar-refractivity contribution in [3.63, 3.8) is 0 Å². The molecule has 0 fully saturated rings. The smallest absolute Gasteiger partial charge is 0.255 e. The third-order valence-corrected chi connectivity index (χ3v) is 5.41. The van der Waals surface area contributed by atoms with Gasteiger partial charge in [-0.2, -0.15) is 0 Å². The van der Waals surface area contributed by atoms with Gasteiger partial charge in [0.2, 0.25) is 10.0 Å². The first-order chi connectivity index (χ1) is 11.8. The number of nitrogens with zero attached hydrogens (tertiary/aromatic N) is 1. The molecule has 2 rings (SSSR count). The Morgan fingerprint density at radius 2 is 1.76 bits per heavy atom. The van der Waals surface area contributed by atoms with Gasteiger partial charge in [0.25, 0.3) is 5.91 Å². The second-order valence-electron chi connectivity index (χ2n) is 5.70. The number of hydrogen-bond donors (Lipinski definition) is 1. The second-order valence-corrected chi connectivity index (χ2v) is 7.82. The highest BCUT2D eigenvalue weighted by Gasteiger charge is 2.23. The van der Waals surface area contributed by atoms with Crippen LogP contribution < -0.4 is 10.1 Å². The zero-order chi connectivity index (χ0) is 18.6. The predicted octanol–water partition coefficient (Wildman–Crippen LogP) is 2.90. The van der Waals surface area contributed by atoms with Gasteiger partial charge in [-0.15, -0.1) is 0 Å². The normalized spacial score (nSPS) is 11.4. The van der Waals surface area contributed by atoms with Gasteiger partial charge in [0.05, 0.1) is 6.61 Å². The summed E-state index contributed by atoms with van der Waals surface area (Å²) in [5.74, 6) is -0.0538. The summed E-state index contributed by atoms with van der Waals surface area (Å²) in [5, 5.41) is 2.72. The van der Waals surface area contributed by atoms with Crippen LogP contribution in [0.25, 0.3) is 0 Å². The lowest BCUT2D eigenvalue weighted by atomic mass is 10.1. The number of sulfonamides is 1. The number of amides is 1. The molecule has 6 nitrogen and oxygen atoms in total. The van der Waals surface area contributed by atoms with Gasteiger partial charge in [0, 0.05) is 25.3 Å². The minimum Gasteiger partial charge on any atom is -0.492 e. The van der Waals surface area contributed by atoms with E-state index in [1.807, 2.05) is 19.1 Å². The van der Waals surface area contributed by atoms with Crippen LogP contribution in [0.3, 0.4) is 0 Å². The molecule has 134 valence electrons. The fraction of sp³-hybridized carbons (Fsp3) is 0.278. The number of carbonyl (C=O) groups is 1. The maximum atomic E-state index is 12.5. The van der Waals surface area contributed by atoms with E-state index in [0.29, 0.717) is 17.9 Å². The molecule has 0 aliphatic carbocycles. The Morgan fingerprint density at radius 3 is 2.32 bits per heavy atom. The van der Waals surface area contributed by atoms with Gasteiger partial charge >= 0.3 is 0 Å². The van der Waals surface area contributed by atoms with Gasteiger partial charge in [0.1, 0.15) is 10.6 Å². The molecule has 0 atom stereocenters. The number of hydrogen-bond acceptors (Lipinski definition) is 4. The molecule has 2 aromatic rings. The number of nitrogens with one attached hydrogen (secondary N) is 1. The standard InChI is InChI=1S/C18H22N2O4S/c1-5-24-16-11-10-15(12-17(16)25(22,23)20(3)4)19-18(21)14-8-6-13(2)7-9-14/h6-12H,5H2,1-4H3,(H,19,21). The first kappa shape index (κ1) is 19.0. The van der Waals surface area contributed by atoms with Crippen LogP contribution in [0.15, 0.2) is 47.4 Å². The van der Waals surface area contributed by atoms with Crippen molar-refractivity contribution in [1.29, 1.82) is 0 Å². The van der Waals surface area contributed by atoms with Gasteiger partial charge in [-0.3, -0.25) is 4.79 Å². The first-order valence-electron chi connectivity index (χ1n) is 7.83. The summed E-state index contributed by atoms with van der Waals surface area (Å²) < 4.78 is 31.5. The van der Waals surface area contributed by atoms with Crippen molar-refractivity contribution >= 4 is 21.6 Å². The van der Waals surface area contributed by atoms with E-state index in [1.54, 1.807) is 31.2 Å². The number of rotatable bonds is 6. The molecule has 1 N–H and O–H groups in total. The number of anilines is 1. The van der Waals surface area contributed by atoms with Crippen LogP contribution >= 0.6 is 0 Å². The van der Waals surface area contributed by atoms with E-state index in [9.17, 15) is 13.2 Å². The molecule has 1 amide bonds. The third-order valence-electron chi connectivity index (χ3n) is 3.57. The Labute approximate surface area is 148 Å². The Kier molecular flexibility index (Phi) is 5.81. The van der Waals surface area contributed by atoms with E-state index in [-0.39, 0.29) is 16.6 Å². The number of carbonyl (C=O) groups excluding carboxylic acids is 1. The van der Waals surface area contributed by atoms with Crippen LogP contribution in [0.5, 0.6) is 5.75 Å². The van der Waals surface area contributed by atoms with E-state index in [4.69, 9.17) is 4.74 Å². The molecular formula is C18H22N2O4S. The zero-order valence-electron chi connectivity index (χ0n) is 14.7. The summed E-state index contributed by atoms with van der Waals surface area (Å²) in [6.45, 7) is 4.05. The average molecular weight is 362 g/mol. The van der Waals surface area contributed by atoms with Crippen LogP contribution in [-0.4, -0.2) is 39.3 Å². The molecule has 0 radical (unpaired) electrons. The van der Waals surface area contributed by atoms with Crippen molar-refractivity contribution in [1.82, 2.24) is 4.31 Å². The lowest BCUT2D eigenvalue weighted by Crippen LogP contribution is -2.23. The quantitative estimate of drug-likeness (QED) is 0.857. The molecule has 0 heterocycles. The summed E-state index contributed by atoms with van der Waals surface area (Å²) in [7, 11) is -0.807. The zero-order valence-corrected chi connectivity index (χ0v) is 15.6. The highest BCUT2D eigenvalue weighted by Crippen LogP contribution is 2.29. The molecule has 0 aliphatic rings. The molecule has 0 saturated carbocycles. The molecule has 25 heavy (non-hydrogen) atoms. The Balaban J connectivity index is 2.36. The molecule has 0 aliphatic heterocycles. The molecule has 7 heteroatoms. The van der Waals surface area contributed by atoms with Crippen LogP contribution in [-0.2, 0) is 10.0 Å². The summed E-state index contributed by atoms with van der Waals surface area (Å²) >= 11 is 0. The lowest BCUT2D eigenvalue weighted by Gasteiger charge is -2.16. The van der Waals surface area contributed by atoms with Crippen LogP contribution in [0.2, 0.25) is 0 Å². The van der Waals surface area contributed by atoms with Crippen molar-refractivity contribution in [2.24, 2.45) is 0 Å². The average Bonchev–Trinajstić information content (AvgIpc) is 2.56. The highest BCUT2D eigenvalue weighted by atomic mass is 32.2. The predicted molar refractivity (Wildman–Crippen MR) is 97.6 cm³/mol. The van der Waals surface area contributed by atoms with Crippen molar-refractivity contribution in [2.75, 3.05) is 26.0 Å². The maximum Gasteiger partial charge on any atom is 0.255 e. The molecule has 2 aromatic carbocycles. The van der Waals surface area contributed by atoms with E-state index >= 15 is 0 Å². The molecular weight excluding hydrogens is 340 g/mol. The molecule has 0 saturated heterocycles. The Bertz CT molecular complexity index is 859. The third kappa shape index (κ3) is 4.37. The van der Waals surface area contributed by atoms with Crippen LogP contribution in [0.4, 0.5) is 5.69 Å². The van der Waals surface area contributed by atoms with Gasteiger partial charge in [-0.05, 0) is 44.2 Å². The first-order valence-corrected chi connectivity index (χ1v) is 9.27. The minimum atomic E-state index is -3.70. The fourth-order valence-electron chi connectivity index (χ4n) is 2.17. The monoisotopic (exact) mass is 362 g/mol. The van der Waals surface area contributed by atoms with E-state index in [2.05, 4.69) is 5.32 Å².